The van der Waals surface area contributed by atoms with Gasteiger partial charge in [-0.05, 0) is 52.1 Å². The Morgan fingerprint density at radius 1 is 1.40 bits per heavy atom. The molecular formula is C12H26N2S. The van der Waals surface area contributed by atoms with E-state index >= 15 is 0 Å². The molecule has 1 rings (SSSR count). The van der Waals surface area contributed by atoms with Crippen LogP contribution in [0.5, 0.6) is 0 Å². The Morgan fingerprint density at radius 3 is 2.93 bits per heavy atom. The van der Waals surface area contributed by atoms with Crippen LogP contribution in [-0.4, -0.2) is 48.6 Å². The van der Waals surface area contributed by atoms with Crippen LogP contribution in [0.4, 0.5) is 0 Å². The zero-order valence-electron chi connectivity index (χ0n) is 10.5. The van der Waals surface area contributed by atoms with Gasteiger partial charge in [-0.1, -0.05) is 6.92 Å². The molecule has 0 aromatic rings. The predicted octanol–water partition coefficient (Wildman–Crippen LogP) is 2.20. The Labute approximate surface area is 99.2 Å². The van der Waals surface area contributed by atoms with E-state index in [0.717, 1.165) is 6.04 Å². The van der Waals surface area contributed by atoms with Gasteiger partial charge >= 0.3 is 0 Å². The van der Waals surface area contributed by atoms with Crippen LogP contribution in [0.25, 0.3) is 0 Å². The van der Waals surface area contributed by atoms with Gasteiger partial charge in [0.1, 0.15) is 0 Å². The van der Waals surface area contributed by atoms with Crippen LogP contribution in [0.2, 0.25) is 0 Å². The lowest BCUT2D eigenvalue weighted by Gasteiger charge is -2.21. The summed E-state index contributed by atoms with van der Waals surface area (Å²) in [5, 5.41) is 3.77. The lowest BCUT2D eigenvalue weighted by atomic mass is 10.1. The molecule has 0 aromatic carbocycles. The summed E-state index contributed by atoms with van der Waals surface area (Å²) in [6, 6.07) is 1.42. The summed E-state index contributed by atoms with van der Waals surface area (Å²) in [7, 11) is 2.23. The van der Waals surface area contributed by atoms with Crippen LogP contribution in [0.1, 0.15) is 33.1 Å². The van der Waals surface area contributed by atoms with Crippen molar-refractivity contribution in [2.45, 2.75) is 45.2 Å². The van der Waals surface area contributed by atoms with Gasteiger partial charge in [0, 0.05) is 17.8 Å². The quantitative estimate of drug-likeness (QED) is 0.779. The summed E-state index contributed by atoms with van der Waals surface area (Å²) in [6.07, 6.45) is 4.02. The summed E-state index contributed by atoms with van der Waals surface area (Å²) in [4.78, 5) is 2.45. The summed E-state index contributed by atoms with van der Waals surface area (Å²) in [5.41, 5.74) is 0. The highest BCUT2D eigenvalue weighted by atomic mass is 32.2. The SMILES string of the molecule is CCSCC(C)NC1CCCN(C)CC1. The molecule has 2 nitrogen and oxygen atoms in total. The molecule has 0 radical (unpaired) electrons. The Hall–Kier alpha value is 0.270. The van der Waals surface area contributed by atoms with Gasteiger partial charge in [-0.3, -0.25) is 0 Å². The summed E-state index contributed by atoms with van der Waals surface area (Å²) in [5.74, 6) is 2.49. The van der Waals surface area contributed by atoms with Gasteiger partial charge in [-0.2, -0.15) is 11.8 Å². The molecule has 0 bridgehead atoms. The minimum atomic E-state index is 0.670. The van der Waals surface area contributed by atoms with Crippen molar-refractivity contribution in [2.24, 2.45) is 0 Å². The molecule has 1 aliphatic heterocycles. The average Bonchev–Trinajstić information content (AvgIpc) is 2.41. The van der Waals surface area contributed by atoms with Crippen molar-refractivity contribution in [3.05, 3.63) is 0 Å². The number of hydrogen-bond acceptors (Lipinski definition) is 3. The van der Waals surface area contributed by atoms with Crippen molar-refractivity contribution in [2.75, 3.05) is 31.6 Å². The van der Waals surface area contributed by atoms with Crippen molar-refractivity contribution in [1.82, 2.24) is 10.2 Å². The molecule has 1 aliphatic rings. The molecule has 1 saturated heterocycles. The lowest BCUT2D eigenvalue weighted by Crippen LogP contribution is -2.38. The normalized spacial score (nSPS) is 26.2. The second-order valence-electron chi connectivity index (χ2n) is 4.66. The van der Waals surface area contributed by atoms with Crippen LogP contribution in [0.3, 0.4) is 0 Å². The van der Waals surface area contributed by atoms with E-state index in [1.54, 1.807) is 0 Å². The molecule has 0 aliphatic carbocycles. The molecule has 0 spiro atoms. The van der Waals surface area contributed by atoms with Crippen molar-refractivity contribution in [3.8, 4) is 0 Å². The third kappa shape index (κ3) is 5.79. The van der Waals surface area contributed by atoms with E-state index < -0.39 is 0 Å². The van der Waals surface area contributed by atoms with Gasteiger partial charge in [-0.15, -0.1) is 0 Å². The maximum Gasteiger partial charge on any atom is 0.0132 e. The van der Waals surface area contributed by atoms with Crippen molar-refractivity contribution in [3.63, 3.8) is 0 Å². The molecule has 0 aromatic heterocycles. The fourth-order valence-electron chi connectivity index (χ4n) is 2.15. The zero-order chi connectivity index (χ0) is 11.1. The molecule has 2 atom stereocenters. The molecule has 0 amide bonds. The van der Waals surface area contributed by atoms with Crippen molar-refractivity contribution < 1.29 is 0 Å². The average molecular weight is 230 g/mol. The van der Waals surface area contributed by atoms with E-state index in [1.165, 1.54) is 43.9 Å². The van der Waals surface area contributed by atoms with E-state index in [2.05, 4.69) is 31.1 Å². The number of likely N-dealkylation sites (tertiary alicyclic amines) is 1. The Bertz CT molecular complexity index is 164. The van der Waals surface area contributed by atoms with Crippen LogP contribution in [0.15, 0.2) is 0 Å². The van der Waals surface area contributed by atoms with Crippen molar-refractivity contribution >= 4 is 11.8 Å². The highest BCUT2D eigenvalue weighted by Crippen LogP contribution is 2.11. The summed E-state index contributed by atoms with van der Waals surface area (Å²) >= 11 is 2.04. The van der Waals surface area contributed by atoms with Gasteiger partial charge in [0.25, 0.3) is 0 Å². The van der Waals surface area contributed by atoms with E-state index in [1.807, 2.05) is 11.8 Å². The first-order chi connectivity index (χ1) is 7.22. The molecule has 1 fully saturated rings. The van der Waals surface area contributed by atoms with Gasteiger partial charge in [0.05, 0.1) is 0 Å². The third-order valence-corrected chi connectivity index (χ3v) is 4.19. The predicted molar refractivity (Wildman–Crippen MR) is 70.7 cm³/mol. The highest BCUT2D eigenvalue weighted by molar-refractivity contribution is 7.99. The van der Waals surface area contributed by atoms with Crippen LogP contribution in [-0.2, 0) is 0 Å². The first-order valence-corrected chi connectivity index (χ1v) is 7.40. The Kier molecular flexibility index (Phi) is 6.69. The van der Waals surface area contributed by atoms with E-state index in [-0.39, 0.29) is 0 Å². The number of thioether (sulfide) groups is 1. The van der Waals surface area contributed by atoms with Gasteiger partial charge in [0.15, 0.2) is 0 Å². The van der Waals surface area contributed by atoms with Crippen LogP contribution < -0.4 is 5.32 Å². The molecule has 90 valence electrons. The first-order valence-electron chi connectivity index (χ1n) is 6.24. The highest BCUT2D eigenvalue weighted by Gasteiger charge is 2.16. The molecule has 1 N–H and O–H groups in total. The van der Waals surface area contributed by atoms with Gasteiger partial charge in [0.2, 0.25) is 0 Å². The van der Waals surface area contributed by atoms with Crippen LogP contribution in [0, 0.1) is 0 Å². The molecule has 0 saturated carbocycles. The maximum absolute atomic E-state index is 3.77. The Morgan fingerprint density at radius 2 is 2.20 bits per heavy atom. The molecule has 15 heavy (non-hydrogen) atoms. The molecule has 1 heterocycles. The second-order valence-corrected chi connectivity index (χ2v) is 5.98. The smallest absolute Gasteiger partial charge is 0.0132 e. The van der Waals surface area contributed by atoms with Crippen LogP contribution >= 0.6 is 11.8 Å². The number of nitrogens with zero attached hydrogens (tertiary/aromatic N) is 1. The fraction of sp³-hybridized carbons (Fsp3) is 1.00. The molecule has 3 heteroatoms. The number of nitrogens with one attached hydrogen (secondary N) is 1. The van der Waals surface area contributed by atoms with E-state index in [9.17, 15) is 0 Å². The molecular weight excluding hydrogens is 204 g/mol. The monoisotopic (exact) mass is 230 g/mol. The number of rotatable bonds is 5. The molecule has 2 unspecified atom stereocenters. The third-order valence-electron chi connectivity index (χ3n) is 3.04. The Balaban J connectivity index is 2.18. The minimum absolute atomic E-state index is 0.670. The lowest BCUT2D eigenvalue weighted by molar-refractivity contribution is 0.341. The first kappa shape index (κ1) is 13.3. The number of hydrogen-bond donors (Lipinski definition) is 1. The minimum Gasteiger partial charge on any atom is -0.311 e. The standard InChI is InChI=1S/C12H26N2S/c1-4-15-10-11(2)13-12-6-5-8-14(3)9-7-12/h11-13H,4-10H2,1-3H3. The summed E-state index contributed by atoms with van der Waals surface area (Å²) < 4.78 is 0. The topological polar surface area (TPSA) is 15.3 Å². The summed E-state index contributed by atoms with van der Waals surface area (Å²) in [6.45, 7) is 7.08. The zero-order valence-corrected chi connectivity index (χ0v) is 11.3. The maximum atomic E-state index is 3.77. The van der Waals surface area contributed by atoms with Crippen molar-refractivity contribution in [1.29, 1.82) is 0 Å². The van der Waals surface area contributed by atoms with E-state index in [0.29, 0.717) is 6.04 Å². The van der Waals surface area contributed by atoms with Gasteiger partial charge in [-0.25, -0.2) is 0 Å². The fourth-order valence-corrected chi connectivity index (χ4v) is 2.84. The van der Waals surface area contributed by atoms with Gasteiger partial charge < -0.3 is 10.2 Å². The largest absolute Gasteiger partial charge is 0.311 e. The van der Waals surface area contributed by atoms with E-state index in [4.69, 9.17) is 0 Å². The second kappa shape index (κ2) is 7.53.